The molecule has 1 aromatic carbocycles. The molecule has 1 aromatic rings. The van der Waals surface area contributed by atoms with Gasteiger partial charge in [-0.1, -0.05) is 0 Å². The number of methoxy groups -OCH3 is 1. The number of ether oxygens (including phenoxy) is 2. The zero-order valence-corrected chi connectivity index (χ0v) is 11.6. The third kappa shape index (κ3) is 3.50. The lowest BCUT2D eigenvalue weighted by molar-refractivity contribution is -0.134. The minimum Gasteiger partial charge on any atom is -0.493 e. The number of hydrogen-bond donors (Lipinski definition) is 0. The Morgan fingerprint density at radius 1 is 1.25 bits per heavy atom. The number of carbonyl (C=O) groups is 2. The number of likely N-dealkylation sites (tertiary alicyclic amines) is 1. The van der Waals surface area contributed by atoms with Crippen LogP contribution in [0.4, 0.5) is 0 Å². The molecular formula is C15H19NO4. The van der Waals surface area contributed by atoms with Crippen LogP contribution >= 0.6 is 0 Å². The van der Waals surface area contributed by atoms with Crippen molar-refractivity contribution in [2.45, 2.75) is 19.3 Å². The average Bonchev–Trinajstić information content (AvgIpc) is 2.53. The van der Waals surface area contributed by atoms with Crippen molar-refractivity contribution in [1.29, 1.82) is 0 Å². The molecule has 1 heterocycles. The second-order valence-corrected chi connectivity index (χ2v) is 4.76. The molecule has 2 rings (SSSR count). The van der Waals surface area contributed by atoms with Crippen LogP contribution in [-0.2, 0) is 4.79 Å². The number of nitrogens with zero attached hydrogens (tertiary/aromatic N) is 1. The van der Waals surface area contributed by atoms with Crippen molar-refractivity contribution < 1.29 is 19.1 Å². The minimum atomic E-state index is -0.00813. The second kappa shape index (κ2) is 6.93. The van der Waals surface area contributed by atoms with Crippen molar-refractivity contribution >= 4 is 12.2 Å². The van der Waals surface area contributed by atoms with E-state index in [1.165, 1.54) is 13.5 Å². The lowest BCUT2D eigenvalue weighted by atomic mass is 10.1. The van der Waals surface area contributed by atoms with Crippen molar-refractivity contribution in [3.8, 4) is 11.5 Å². The lowest BCUT2D eigenvalue weighted by Crippen LogP contribution is -2.38. The minimum absolute atomic E-state index is 0.00318. The van der Waals surface area contributed by atoms with Gasteiger partial charge in [0.2, 0.25) is 0 Å². The smallest absolute Gasteiger partial charge is 0.260 e. The quantitative estimate of drug-likeness (QED) is 0.771. The molecule has 1 aliphatic heterocycles. The van der Waals surface area contributed by atoms with Crippen molar-refractivity contribution in [3.05, 3.63) is 23.8 Å². The van der Waals surface area contributed by atoms with E-state index in [0.717, 1.165) is 32.2 Å². The number of hydrogen-bond acceptors (Lipinski definition) is 4. The normalized spacial score (nSPS) is 14.8. The zero-order valence-electron chi connectivity index (χ0n) is 11.6. The summed E-state index contributed by atoms with van der Waals surface area (Å²) < 4.78 is 10.7. The summed E-state index contributed by atoms with van der Waals surface area (Å²) in [5.74, 6) is 0.927. The molecule has 0 saturated carbocycles. The molecule has 108 valence electrons. The van der Waals surface area contributed by atoms with Crippen LogP contribution in [0.25, 0.3) is 0 Å². The Morgan fingerprint density at radius 3 is 2.65 bits per heavy atom. The Hall–Kier alpha value is -2.04. The highest BCUT2D eigenvalue weighted by molar-refractivity contribution is 5.78. The number of carbonyl (C=O) groups excluding carboxylic acids is 2. The summed E-state index contributed by atoms with van der Waals surface area (Å²) in [5, 5.41) is 0. The molecular weight excluding hydrogens is 258 g/mol. The predicted octanol–water partition coefficient (Wildman–Crippen LogP) is 1.90. The van der Waals surface area contributed by atoms with Gasteiger partial charge in [-0.15, -0.1) is 0 Å². The summed E-state index contributed by atoms with van der Waals surface area (Å²) in [7, 11) is 1.50. The van der Waals surface area contributed by atoms with Crippen molar-refractivity contribution in [2.24, 2.45) is 0 Å². The van der Waals surface area contributed by atoms with Crippen LogP contribution in [0.15, 0.2) is 18.2 Å². The highest BCUT2D eigenvalue weighted by atomic mass is 16.5. The number of piperidine rings is 1. The first-order chi connectivity index (χ1) is 9.74. The van der Waals surface area contributed by atoms with Gasteiger partial charge in [0.15, 0.2) is 18.1 Å². The first-order valence-electron chi connectivity index (χ1n) is 6.78. The van der Waals surface area contributed by atoms with Gasteiger partial charge in [0.25, 0.3) is 5.91 Å². The molecule has 0 atom stereocenters. The van der Waals surface area contributed by atoms with Crippen molar-refractivity contribution in [2.75, 3.05) is 26.8 Å². The maximum absolute atomic E-state index is 12.0. The van der Waals surface area contributed by atoms with Crippen LogP contribution in [0.5, 0.6) is 11.5 Å². The van der Waals surface area contributed by atoms with Gasteiger partial charge >= 0.3 is 0 Å². The van der Waals surface area contributed by atoms with E-state index in [2.05, 4.69) is 0 Å². The Bertz CT molecular complexity index is 481. The summed E-state index contributed by atoms with van der Waals surface area (Å²) in [6.07, 6.45) is 4.04. The third-order valence-electron chi connectivity index (χ3n) is 3.38. The van der Waals surface area contributed by atoms with E-state index < -0.39 is 0 Å². The summed E-state index contributed by atoms with van der Waals surface area (Å²) >= 11 is 0. The standard InChI is InChI=1S/C15H19NO4/c1-19-14-9-12(10-17)5-6-13(14)20-11-15(18)16-7-3-2-4-8-16/h5-6,9-10H,2-4,7-8,11H2,1H3. The number of aldehydes is 1. The Morgan fingerprint density at radius 2 is 2.00 bits per heavy atom. The molecule has 1 fully saturated rings. The predicted molar refractivity (Wildman–Crippen MR) is 74.3 cm³/mol. The Labute approximate surface area is 118 Å². The molecule has 0 radical (unpaired) electrons. The third-order valence-corrected chi connectivity index (χ3v) is 3.38. The molecule has 0 N–H and O–H groups in total. The maximum atomic E-state index is 12.0. The van der Waals surface area contributed by atoms with Crippen molar-refractivity contribution in [1.82, 2.24) is 4.90 Å². The summed E-state index contributed by atoms with van der Waals surface area (Å²) in [5.41, 5.74) is 0.511. The van der Waals surface area contributed by atoms with Gasteiger partial charge in [0, 0.05) is 18.7 Å². The molecule has 0 unspecified atom stereocenters. The van der Waals surface area contributed by atoms with Crippen LogP contribution in [0.1, 0.15) is 29.6 Å². The Kier molecular flexibility index (Phi) is 4.98. The van der Waals surface area contributed by atoms with E-state index in [1.807, 2.05) is 4.90 Å². The number of amides is 1. The molecule has 0 spiro atoms. The fourth-order valence-electron chi connectivity index (χ4n) is 2.25. The van der Waals surface area contributed by atoms with Crippen LogP contribution in [0, 0.1) is 0 Å². The number of benzene rings is 1. The highest BCUT2D eigenvalue weighted by Gasteiger charge is 2.17. The van der Waals surface area contributed by atoms with Gasteiger partial charge in [0.1, 0.15) is 6.29 Å². The molecule has 0 bridgehead atoms. The SMILES string of the molecule is COc1cc(C=O)ccc1OCC(=O)N1CCCCC1. The molecule has 1 amide bonds. The van der Waals surface area contributed by atoms with Crippen LogP contribution in [0.2, 0.25) is 0 Å². The summed E-state index contributed by atoms with van der Waals surface area (Å²) in [6.45, 7) is 1.61. The van der Waals surface area contributed by atoms with Gasteiger partial charge in [-0.2, -0.15) is 0 Å². The fourth-order valence-corrected chi connectivity index (χ4v) is 2.25. The summed E-state index contributed by atoms with van der Waals surface area (Å²) in [4.78, 5) is 24.5. The molecule has 0 aliphatic carbocycles. The molecule has 1 aliphatic rings. The van der Waals surface area contributed by atoms with Crippen LogP contribution < -0.4 is 9.47 Å². The first-order valence-corrected chi connectivity index (χ1v) is 6.78. The maximum Gasteiger partial charge on any atom is 0.260 e. The number of rotatable bonds is 5. The van der Waals surface area contributed by atoms with E-state index in [1.54, 1.807) is 18.2 Å². The average molecular weight is 277 g/mol. The van der Waals surface area contributed by atoms with Crippen LogP contribution in [-0.4, -0.2) is 43.9 Å². The van der Waals surface area contributed by atoms with E-state index in [9.17, 15) is 9.59 Å². The molecule has 5 heteroatoms. The monoisotopic (exact) mass is 277 g/mol. The zero-order chi connectivity index (χ0) is 14.4. The molecule has 20 heavy (non-hydrogen) atoms. The van der Waals surface area contributed by atoms with Gasteiger partial charge in [-0.25, -0.2) is 0 Å². The van der Waals surface area contributed by atoms with E-state index in [0.29, 0.717) is 17.1 Å². The molecule has 5 nitrogen and oxygen atoms in total. The van der Waals surface area contributed by atoms with Crippen LogP contribution in [0.3, 0.4) is 0 Å². The van der Waals surface area contributed by atoms with Crippen molar-refractivity contribution in [3.63, 3.8) is 0 Å². The van der Waals surface area contributed by atoms with Gasteiger partial charge in [-0.05, 0) is 37.5 Å². The highest BCUT2D eigenvalue weighted by Crippen LogP contribution is 2.27. The fraction of sp³-hybridized carbons (Fsp3) is 0.467. The van der Waals surface area contributed by atoms with E-state index in [4.69, 9.17) is 9.47 Å². The first kappa shape index (κ1) is 14.4. The second-order valence-electron chi connectivity index (χ2n) is 4.76. The van der Waals surface area contributed by atoms with E-state index >= 15 is 0 Å². The Balaban J connectivity index is 1.95. The molecule has 0 aromatic heterocycles. The molecule has 1 saturated heterocycles. The van der Waals surface area contributed by atoms with Gasteiger partial charge in [0.05, 0.1) is 7.11 Å². The largest absolute Gasteiger partial charge is 0.493 e. The van der Waals surface area contributed by atoms with Gasteiger partial charge < -0.3 is 14.4 Å². The lowest BCUT2D eigenvalue weighted by Gasteiger charge is -2.26. The van der Waals surface area contributed by atoms with Gasteiger partial charge in [-0.3, -0.25) is 9.59 Å². The van der Waals surface area contributed by atoms with E-state index in [-0.39, 0.29) is 12.5 Å². The topological polar surface area (TPSA) is 55.8 Å². The summed E-state index contributed by atoms with van der Waals surface area (Å²) in [6, 6.07) is 4.87.